The Kier molecular flexibility index (Phi) is 9.39. The monoisotopic (exact) mass is 592 g/mol. The molecule has 1 fully saturated rings. The van der Waals surface area contributed by atoms with E-state index in [1.807, 2.05) is 60.7 Å². The molecule has 43 heavy (non-hydrogen) atoms. The van der Waals surface area contributed by atoms with Crippen molar-refractivity contribution in [3.8, 4) is 11.8 Å². The van der Waals surface area contributed by atoms with Crippen LogP contribution in [0.1, 0.15) is 53.6 Å². The van der Waals surface area contributed by atoms with E-state index < -0.39 is 22.0 Å². The zero-order valence-electron chi connectivity index (χ0n) is 23.5. The van der Waals surface area contributed by atoms with Crippen molar-refractivity contribution in [3.05, 3.63) is 120 Å². The molecule has 3 amide bonds. The first kappa shape index (κ1) is 29.4. The number of benzene rings is 4. The van der Waals surface area contributed by atoms with Crippen LogP contribution in [0.25, 0.3) is 0 Å². The van der Waals surface area contributed by atoms with Crippen molar-refractivity contribution < 1.29 is 18.0 Å². The van der Waals surface area contributed by atoms with Crippen molar-refractivity contribution in [3.63, 3.8) is 0 Å². The fourth-order valence-corrected chi connectivity index (χ4v) is 5.98. The predicted molar refractivity (Wildman–Crippen MR) is 169 cm³/mol. The van der Waals surface area contributed by atoms with Gasteiger partial charge in [0.1, 0.15) is 4.90 Å². The maximum atomic E-state index is 13.6. The van der Waals surface area contributed by atoms with Gasteiger partial charge in [-0.1, -0.05) is 79.6 Å². The van der Waals surface area contributed by atoms with Crippen LogP contribution in [0.15, 0.2) is 108 Å². The zero-order valence-corrected chi connectivity index (χ0v) is 24.3. The summed E-state index contributed by atoms with van der Waals surface area (Å²) in [6.07, 6.45) is 4.73. The van der Waals surface area contributed by atoms with E-state index in [9.17, 15) is 18.0 Å². The third-order valence-corrected chi connectivity index (χ3v) is 8.42. The second-order valence-corrected chi connectivity index (χ2v) is 11.9. The Morgan fingerprint density at radius 2 is 1.35 bits per heavy atom. The van der Waals surface area contributed by atoms with Gasteiger partial charge in [0.15, 0.2) is 0 Å². The van der Waals surface area contributed by atoms with Crippen LogP contribution in [-0.2, 0) is 10.0 Å². The number of amides is 3. The van der Waals surface area contributed by atoms with Crippen LogP contribution >= 0.6 is 0 Å². The molecule has 0 radical (unpaired) electrons. The lowest BCUT2D eigenvalue weighted by Crippen LogP contribution is -2.45. The van der Waals surface area contributed by atoms with E-state index in [0.29, 0.717) is 11.3 Å². The summed E-state index contributed by atoms with van der Waals surface area (Å²) in [6, 6.07) is 29.2. The molecule has 0 bridgehead atoms. The molecule has 4 N–H and O–H groups in total. The normalized spacial score (nSPS) is 13.2. The third kappa shape index (κ3) is 8.03. The molecule has 8 nitrogen and oxygen atoms in total. The highest BCUT2D eigenvalue weighted by Gasteiger charge is 2.25. The molecule has 0 spiro atoms. The van der Waals surface area contributed by atoms with Crippen LogP contribution in [-0.4, -0.2) is 26.4 Å². The number of nitrogens with one attached hydrogen (secondary N) is 4. The van der Waals surface area contributed by atoms with E-state index in [2.05, 4.69) is 32.5 Å². The SMILES string of the molecule is O=C(NC1CCCCC1)NS(=O)(=O)c1ccccc1NC(=O)c1ccc(C#Cc2ccccc2)cc1Nc1ccccc1. The molecule has 0 atom stereocenters. The van der Waals surface area contributed by atoms with Crippen molar-refractivity contribution in [1.29, 1.82) is 0 Å². The van der Waals surface area contributed by atoms with Crippen molar-refractivity contribution in [1.82, 2.24) is 10.0 Å². The van der Waals surface area contributed by atoms with Crippen molar-refractivity contribution in [2.45, 2.75) is 43.0 Å². The summed E-state index contributed by atoms with van der Waals surface area (Å²) < 4.78 is 28.5. The average Bonchev–Trinajstić information content (AvgIpc) is 3.01. The maximum absolute atomic E-state index is 13.6. The van der Waals surface area contributed by atoms with Gasteiger partial charge < -0.3 is 16.0 Å². The maximum Gasteiger partial charge on any atom is 0.328 e. The van der Waals surface area contributed by atoms with E-state index in [0.717, 1.165) is 43.4 Å². The number of carbonyl (C=O) groups excluding carboxylic acids is 2. The van der Waals surface area contributed by atoms with Gasteiger partial charge in [0.25, 0.3) is 15.9 Å². The first-order chi connectivity index (χ1) is 20.9. The van der Waals surface area contributed by atoms with Gasteiger partial charge in [-0.25, -0.2) is 17.9 Å². The molecule has 4 aromatic carbocycles. The number of hydrogen-bond acceptors (Lipinski definition) is 5. The minimum atomic E-state index is -4.28. The Labute approximate surface area is 252 Å². The second-order valence-electron chi connectivity index (χ2n) is 10.2. The average molecular weight is 593 g/mol. The fraction of sp³-hybridized carbons (Fsp3) is 0.176. The first-order valence-electron chi connectivity index (χ1n) is 14.1. The van der Waals surface area contributed by atoms with Crippen LogP contribution in [0, 0.1) is 11.8 Å². The number of anilines is 3. The summed E-state index contributed by atoms with van der Waals surface area (Å²) in [5.41, 5.74) is 3.14. The number of urea groups is 1. The summed E-state index contributed by atoms with van der Waals surface area (Å²) >= 11 is 0. The van der Waals surface area contributed by atoms with Gasteiger partial charge in [0, 0.05) is 22.9 Å². The van der Waals surface area contributed by atoms with Gasteiger partial charge in [-0.2, -0.15) is 0 Å². The van der Waals surface area contributed by atoms with Crippen LogP contribution in [0.3, 0.4) is 0 Å². The van der Waals surface area contributed by atoms with Gasteiger partial charge in [0.2, 0.25) is 0 Å². The number of carbonyl (C=O) groups is 2. The molecule has 1 aliphatic carbocycles. The third-order valence-electron chi connectivity index (χ3n) is 7.03. The van der Waals surface area contributed by atoms with E-state index >= 15 is 0 Å². The fourth-order valence-electron chi connectivity index (χ4n) is 4.90. The summed E-state index contributed by atoms with van der Waals surface area (Å²) in [5, 5.41) is 8.75. The number of hydrogen-bond donors (Lipinski definition) is 4. The molecule has 218 valence electrons. The quantitative estimate of drug-likeness (QED) is 0.185. The molecular formula is C34H32N4O4S. The Bertz CT molecular complexity index is 1760. The minimum absolute atomic E-state index is 0.0454. The van der Waals surface area contributed by atoms with Crippen LogP contribution in [0.2, 0.25) is 0 Å². The molecular weight excluding hydrogens is 560 g/mol. The Morgan fingerprint density at radius 3 is 2.09 bits per heavy atom. The Balaban J connectivity index is 1.39. The molecule has 0 aliphatic heterocycles. The van der Waals surface area contributed by atoms with E-state index in [-0.39, 0.29) is 22.2 Å². The lowest BCUT2D eigenvalue weighted by molar-refractivity contribution is 0.102. The Hall–Kier alpha value is -5.07. The number of para-hydroxylation sites is 2. The zero-order chi connectivity index (χ0) is 30.1. The summed E-state index contributed by atoms with van der Waals surface area (Å²) in [6.45, 7) is 0. The smallest absolute Gasteiger partial charge is 0.328 e. The standard InChI is InChI=1S/C34H32N4O4S/c39-33(37-30-18-10-11-19-32(30)43(41,42)38-34(40)36-28-16-8-3-9-17-28)29-23-22-26(21-20-25-12-4-1-5-13-25)24-31(29)35-27-14-6-2-7-15-27/h1-2,4-7,10-15,18-19,22-24,28,35H,3,8-9,16-17H2,(H,37,39)(H2,36,38,40). The van der Waals surface area contributed by atoms with Crippen LogP contribution in [0.5, 0.6) is 0 Å². The first-order valence-corrected chi connectivity index (χ1v) is 15.6. The topological polar surface area (TPSA) is 116 Å². The van der Waals surface area contributed by atoms with Gasteiger partial charge >= 0.3 is 6.03 Å². The molecule has 4 aromatic rings. The van der Waals surface area contributed by atoms with E-state index in [1.54, 1.807) is 24.3 Å². The van der Waals surface area contributed by atoms with Gasteiger partial charge in [0.05, 0.1) is 16.9 Å². The van der Waals surface area contributed by atoms with Crippen LogP contribution < -0.4 is 20.7 Å². The molecule has 0 saturated heterocycles. The molecule has 1 saturated carbocycles. The van der Waals surface area contributed by atoms with E-state index in [1.165, 1.54) is 18.2 Å². The molecule has 0 aromatic heterocycles. The lowest BCUT2D eigenvalue weighted by Gasteiger charge is -2.23. The molecule has 1 aliphatic rings. The van der Waals surface area contributed by atoms with Crippen LogP contribution in [0.4, 0.5) is 21.9 Å². The lowest BCUT2D eigenvalue weighted by atomic mass is 9.96. The molecule has 0 heterocycles. The van der Waals surface area contributed by atoms with Gasteiger partial charge in [-0.05, 0) is 67.4 Å². The largest absolute Gasteiger partial charge is 0.355 e. The highest BCUT2D eigenvalue weighted by molar-refractivity contribution is 7.90. The van der Waals surface area contributed by atoms with Gasteiger partial charge in [-0.15, -0.1) is 0 Å². The summed E-state index contributed by atoms with van der Waals surface area (Å²) in [5.74, 6) is 5.72. The molecule has 0 unspecified atom stereocenters. The van der Waals surface area contributed by atoms with Gasteiger partial charge in [-0.3, -0.25) is 4.79 Å². The summed E-state index contributed by atoms with van der Waals surface area (Å²) in [7, 11) is -4.28. The van der Waals surface area contributed by atoms with Crippen molar-refractivity contribution in [2.75, 3.05) is 10.6 Å². The van der Waals surface area contributed by atoms with Crippen molar-refractivity contribution >= 4 is 39.0 Å². The highest BCUT2D eigenvalue weighted by atomic mass is 32.2. The summed E-state index contributed by atoms with van der Waals surface area (Å²) in [4.78, 5) is 25.9. The molecule has 9 heteroatoms. The second kappa shape index (κ2) is 13.7. The Morgan fingerprint density at radius 1 is 0.698 bits per heavy atom. The minimum Gasteiger partial charge on any atom is -0.355 e. The predicted octanol–water partition coefficient (Wildman–Crippen LogP) is 6.40. The molecule has 5 rings (SSSR count). The highest BCUT2D eigenvalue weighted by Crippen LogP contribution is 2.26. The van der Waals surface area contributed by atoms with E-state index in [4.69, 9.17) is 0 Å². The number of rotatable bonds is 7. The number of sulfonamides is 1. The van der Waals surface area contributed by atoms with Crippen molar-refractivity contribution in [2.24, 2.45) is 0 Å².